The number of hydrogen-bond acceptors (Lipinski definition) is 5. The highest BCUT2D eigenvalue weighted by molar-refractivity contribution is 5.96. The van der Waals surface area contributed by atoms with Crippen molar-refractivity contribution in [2.45, 2.75) is 19.9 Å². The Hall–Kier alpha value is -3.75. The monoisotopic (exact) mass is 440 g/mol. The summed E-state index contributed by atoms with van der Waals surface area (Å²) in [7, 11) is 1.57. The molecule has 2 aromatic heterocycles. The topological polar surface area (TPSA) is 69.5 Å². The molecule has 0 aliphatic carbocycles. The standard InChI is InChI=1S/C23H22F2N4O3/c1-14-12-28(13-26-14)18-6-4-16(10-19(18)31-3)11-20-23(30)29(8-9-32-20)15(2)17-5-7-21(24)27-22(17)25/h4-7,10-13,15H,8-9H2,1-3H3/b20-11-/t15-/m1/s1. The number of pyridine rings is 1. The number of carbonyl (C=O) groups is 1. The van der Waals surface area contributed by atoms with Crippen LogP contribution in [0.25, 0.3) is 11.8 Å². The number of halogens is 2. The molecular formula is C23H22F2N4O3. The van der Waals surface area contributed by atoms with Gasteiger partial charge in [0.25, 0.3) is 5.91 Å². The lowest BCUT2D eigenvalue weighted by Crippen LogP contribution is -2.42. The first kappa shape index (κ1) is 21.5. The lowest BCUT2D eigenvalue weighted by Gasteiger charge is -2.33. The lowest BCUT2D eigenvalue weighted by molar-refractivity contribution is -0.137. The van der Waals surface area contributed by atoms with Crippen LogP contribution < -0.4 is 4.74 Å². The van der Waals surface area contributed by atoms with E-state index in [-0.39, 0.29) is 30.4 Å². The van der Waals surface area contributed by atoms with Gasteiger partial charge in [-0.2, -0.15) is 13.8 Å². The van der Waals surface area contributed by atoms with Crippen LogP contribution in [0.15, 0.2) is 48.6 Å². The van der Waals surface area contributed by atoms with Crippen LogP contribution in [0.5, 0.6) is 5.75 Å². The molecule has 9 heteroatoms. The Balaban J connectivity index is 1.60. The third-order valence-electron chi connectivity index (χ3n) is 5.31. The second kappa shape index (κ2) is 8.78. The average molecular weight is 440 g/mol. The van der Waals surface area contributed by atoms with Gasteiger partial charge in [0.1, 0.15) is 12.4 Å². The molecule has 4 rings (SSSR count). The van der Waals surface area contributed by atoms with Crippen molar-refractivity contribution >= 4 is 12.0 Å². The zero-order valence-corrected chi connectivity index (χ0v) is 17.9. The highest BCUT2D eigenvalue weighted by Crippen LogP contribution is 2.29. The molecule has 0 saturated carbocycles. The SMILES string of the molecule is COc1cc(/C=C2\OCCN([C@H](C)c3ccc(F)nc3F)C2=O)ccc1-n1cnc(C)c1. The van der Waals surface area contributed by atoms with E-state index < -0.39 is 17.9 Å². The summed E-state index contributed by atoms with van der Waals surface area (Å²) < 4.78 is 40.2. The normalized spacial score (nSPS) is 16.2. The number of rotatable bonds is 5. The fourth-order valence-corrected chi connectivity index (χ4v) is 3.64. The van der Waals surface area contributed by atoms with Crippen molar-refractivity contribution in [2.24, 2.45) is 0 Å². The summed E-state index contributed by atoms with van der Waals surface area (Å²) in [5, 5.41) is 0. The number of hydrogen-bond donors (Lipinski definition) is 0. The first-order valence-corrected chi connectivity index (χ1v) is 10.0. The predicted octanol–water partition coefficient (Wildman–Crippen LogP) is 3.82. The Labute approximate surface area is 183 Å². The van der Waals surface area contributed by atoms with Crippen LogP contribution in [0.2, 0.25) is 0 Å². The van der Waals surface area contributed by atoms with E-state index in [0.717, 1.165) is 17.4 Å². The van der Waals surface area contributed by atoms with Crippen molar-refractivity contribution in [3.05, 3.63) is 77.3 Å². The number of aromatic nitrogens is 3. The number of carbonyl (C=O) groups excluding carboxylic acids is 1. The molecule has 7 nitrogen and oxygen atoms in total. The molecule has 3 aromatic rings. The third kappa shape index (κ3) is 4.18. The van der Waals surface area contributed by atoms with E-state index >= 15 is 0 Å². The maximum absolute atomic E-state index is 14.1. The Bertz CT molecular complexity index is 1190. The van der Waals surface area contributed by atoms with Crippen LogP contribution in [-0.2, 0) is 9.53 Å². The summed E-state index contributed by atoms with van der Waals surface area (Å²) in [6, 6.07) is 7.23. The van der Waals surface area contributed by atoms with Crippen LogP contribution in [0.3, 0.4) is 0 Å². The average Bonchev–Trinajstić information content (AvgIpc) is 3.20. The zero-order valence-electron chi connectivity index (χ0n) is 17.9. The minimum atomic E-state index is -0.933. The predicted molar refractivity (Wildman–Crippen MR) is 113 cm³/mol. The molecule has 0 spiro atoms. The molecular weight excluding hydrogens is 418 g/mol. The minimum absolute atomic E-state index is 0.131. The van der Waals surface area contributed by atoms with Gasteiger partial charge in [-0.25, -0.2) is 4.98 Å². The summed E-state index contributed by atoms with van der Waals surface area (Å²) >= 11 is 0. The highest BCUT2D eigenvalue weighted by atomic mass is 19.1. The number of amides is 1. The Kier molecular flexibility index (Phi) is 5.89. The highest BCUT2D eigenvalue weighted by Gasteiger charge is 2.31. The van der Waals surface area contributed by atoms with Gasteiger partial charge in [-0.15, -0.1) is 0 Å². The molecule has 0 radical (unpaired) electrons. The second-order valence-electron chi connectivity index (χ2n) is 7.40. The van der Waals surface area contributed by atoms with E-state index in [9.17, 15) is 13.6 Å². The number of benzene rings is 1. The number of morpholine rings is 1. The summed E-state index contributed by atoms with van der Waals surface area (Å²) in [4.78, 5) is 22.0. The molecule has 1 aliphatic rings. The first-order valence-electron chi connectivity index (χ1n) is 10.0. The maximum Gasteiger partial charge on any atom is 0.289 e. The van der Waals surface area contributed by atoms with Crippen molar-refractivity contribution in [1.82, 2.24) is 19.4 Å². The molecule has 3 heterocycles. The molecule has 0 N–H and O–H groups in total. The van der Waals surface area contributed by atoms with Gasteiger partial charge in [0.05, 0.1) is 37.4 Å². The summed E-state index contributed by atoms with van der Waals surface area (Å²) in [5.74, 6) is -1.50. The third-order valence-corrected chi connectivity index (χ3v) is 5.31. The molecule has 32 heavy (non-hydrogen) atoms. The molecule has 1 saturated heterocycles. The van der Waals surface area contributed by atoms with Crippen LogP contribution >= 0.6 is 0 Å². The quantitative estimate of drug-likeness (QED) is 0.446. The van der Waals surface area contributed by atoms with Gasteiger partial charge in [-0.3, -0.25) is 4.79 Å². The van der Waals surface area contributed by atoms with Gasteiger partial charge >= 0.3 is 0 Å². The van der Waals surface area contributed by atoms with Crippen molar-refractivity contribution in [3.63, 3.8) is 0 Å². The smallest absolute Gasteiger partial charge is 0.289 e. The summed E-state index contributed by atoms with van der Waals surface area (Å²) in [6.07, 6.45) is 5.19. The number of aryl methyl sites for hydroxylation is 1. The second-order valence-corrected chi connectivity index (χ2v) is 7.40. The van der Waals surface area contributed by atoms with Crippen molar-refractivity contribution in [2.75, 3.05) is 20.3 Å². The Morgan fingerprint density at radius 1 is 1.25 bits per heavy atom. The van der Waals surface area contributed by atoms with Crippen molar-refractivity contribution < 1.29 is 23.0 Å². The van der Waals surface area contributed by atoms with Crippen LogP contribution in [0.4, 0.5) is 8.78 Å². The maximum atomic E-state index is 14.1. The molecule has 1 amide bonds. The van der Waals surface area contributed by atoms with E-state index in [1.807, 2.05) is 29.8 Å². The van der Waals surface area contributed by atoms with E-state index in [0.29, 0.717) is 11.3 Å². The van der Waals surface area contributed by atoms with Crippen LogP contribution in [-0.4, -0.2) is 45.6 Å². The molecule has 1 fully saturated rings. The fourth-order valence-electron chi connectivity index (χ4n) is 3.64. The zero-order chi connectivity index (χ0) is 22.8. The van der Waals surface area contributed by atoms with Gasteiger partial charge in [0, 0.05) is 11.8 Å². The molecule has 166 valence electrons. The van der Waals surface area contributed by atoms with Gasteiger partial charge < -0.3 is 18.9 Å². The Morgan fingerprint density at radius 3 is 2.75 bits per heavy atom. The number of methoxy groups -OCH3 is 1. The van der Waals surface area contributed by atoms with Crippen LogP contribution in [0.1, 0.15) is 29.8 Å². The molecule has 0 unspecified atom stereocenters. The van der Waals surface area contributed by atoms with Crippen LogP contribution in [0, 0.1) is 18.8 Å². The van der Waals surface area contributed by atoms with Crippen molar-refractivity contribution in [3.8, 4) is 11.4 Å². The van der Waals surface area contributed by atoms with Gasteiger partial charge in [-0.05, 0) is 49.8 Å². The van der Waals surface area contributed by atoms with E-state index in [1.165, 1.54) is 11.0 Å². The largest absolute Gasteiger partial charge is 0.495 e. The first-order chi connectivity index (χ1) is 15.4. The molecule has 1 atom stereocenters. The number of nitrogens with zero attached hydrogens (tertiary/aromatic N) is 4. The molecule has 0 bridgehead atoms. The van der Waals surface area contributed by atoms with Gasteiger partial charge in [0.2, 0.25) is 11.9 Å². The molecule has 1 aliphatic heterocycles. The number of ether oxygens (including phenoxy) is 2. The van der Waals surface area contributed by atoms with E-state index in [1.54, 1.807) is 32.5 Å². The van der Waals surface area contributed by atoms with E-state index in [2.05, 4.69) is 9.97 Å². The lowest BCUT2D eigenvalue weighted by atomic mass is 10.1. The van der Waals surface area contributed by atoms with Gasteiger partial charge in [0.15, 0.2) is 5.76 Å². The van der Waals surface area contributed by atoms with Crippen molar-refractivity contribution in [1.29, 1.82) is 0 Å². The number of imidazole rings is 1. The Morgan fingerprint density at radius 2 is 2.06 bits per heavy atom. The minimum Gasteiger partial charge on any atom is -0.495 e. The summed E-state index contributed by atoms with van der Waals surface area (Å²) in [6.45, 7) is 4.09. The van der Waals surface area contributed by atoms with E-state index in [4.69, 9.17) is 9.47 Å². The summed E-state index contributed by atoms with van der Waals surface area (Å²) in [5.41, 5.74) is 2.53. The van der Waals surface area contributed by atoms with Gasteiger partial charge in [-0.1, -0.05) is 6.07 Å². The molecule has 1 aromatic carbocycles. The fraction of sp³-hybridized carbons (Fsp3) is 0.261.